The van der Waals surface area contributed by atoms with Crippen molar-refractivity contribution in [1.82, 2.24) is 15.3 Å². The van der Waals surface area contributed by atoms with Crippen LogP contribution >= 0.6 is 11.3 Å². The maximum absolute atomic E-state index is 11.2. The number of aromatic nitrogens is 2. The Morgan fingerprint density at radius 1 is 1.39 bits per heavy atom. The van der Waals surface area contributed by atoms with Gasteiger partial charge in [0.2, 0.25) is 0 Å². The Hall–Kier alpha value is -1.79. The lowest BCUT2D eigenvalue weighted by Gasteiger charge is -2.03. The molecule has 0 spiro atoms. The first-order valence-electron chi connectivity index (χ1n) is 5.41. The molecule has 0 atom stereocenters. The van der Waals surface area contributed by atoms with Gasteiger partial charge in [-0.1, -0.05) is 0 Å². The number of nitrogens with zero attached hydrogens (tertiary/aromatic N) is 2. The van der Waals surface area contributed by atoms with Crippen molar-refractivity contribution in [1.29, 1.82) is 0 Å². The van der Waals surface area contributed by atoms with Crippen LogP contribution in [0, 0.1) is 0 Å². The minimum Gasteiger partial charge on any atom is -0.465 e. The molecule has 0 aliphatic rings. The van der Waals surface area contributed by atoms with Gasteiger partial charge in [-0.15, -0.1) is 11.3 Å². The summed E-state index contributed by atoms with van der Waals surface area (Å²) in [5, 5.41) is 3.26. The fourth-order valence-electron chi connectivity index (χ4n) is 1.41. The first-order chi connectivity index (χ1) is 8.79. The summed E-state index contributed by atoms with van der Waals surface area (Å²) in [5.74, 6) is -0.369. The van der Waals surface area contributed by atoms with E-state index in [9.17, 15) is 4.79 Å². The molecule has 0 aromatic carbocycles. The van der Waals surface area contributed by atoms with Crippen LogP contribution in [0.15, 0.2) is 30.0 Å². The molecule has 0 saturated carbocycles. The Kier molecular flexibility index (Phi) is 4.38. The molecule has 0 amide bonds. The highest BCUT2D eigenvalue weighted by Gasteiger charge is 2.05. The molecular formula is C12H13N3O2S. The van der Waals surface area contributed by atoms with E-state index in [1.165, 1.54) is 18.2 Å². The summed E-state index contributed by atoms with van der Waals surface area (Å²) in [7, 11) is 1.35. The number of carbonyl (C=O) groups excluding carboxylic acids is 1. The van der Waals surface area contributed by atoms with Crippen LogP contribution in [0.5, 0.6) is 0 Å². The van der Waals surface area contributed by atoms with Crippen LogP contribution in [0.3, 0.4) is 0 Å². The van der Waals surface area contributed by atoms with Gasteiger partial charge in [0.15, 0.2) is 0 Å². The second-order valence-electron chi connectivity index (χ2n) is 3.60. The molecule has 0 bridgehead atoms. The molecular weight excluding hydrogens is 250 g/mol. The normalized spacial score (nSPS) is 10.3. The van der Waals surface area contributed by atoms with E-state index in [2.05, 4.69) is 20.0 Å². The van der Waals surface area contributed by atoms with Crippen molar-refractivity contribution in [3.8, 4) is 0 Å². The average Bonchev–Trinajstić information content (AvgIpc) is 2.92. The molecule has 0 aliphatic carbocycles. The number of ether oxygens (including phenoxy) is 1. The molecule has 2 aromatic heterocycles. The molecule has 94 valence electrons. The van der Waals surface area contributed by atoms with Crippen LogP contribution in [0.2, 0.25) is 0 Å². The number of hydrogen-bond donors (Lipinski definition) is 1. The van der Waals surface area contributed by atoms with Crippen molar-refractivity contribution < 1.29 is 9.53 Å². The number of thiazole rings is 1. The lowest BCUT2D eigenvalue weighted by Crippen LogP contribution is -2.13. The number of pyridine rings is 1. The highest BCUT2D eigenvalue weighted by molar-refractivity contribution is 7.09. The third-order valence-corrected chi connectivity index (χ3v) is 3.11. The number of methoxy groups -OCH3 is 1. The highest BCUT2D eigenvalue weighted by atomic mass is 32.1. The molecule has 0 radical (unpaired) electrons. The van der Waals surface area contributed by atoms with Crippen molar-refractivity contribution >= 4 is 17.3 Å². The van der Waals surface area contributed by atoms with E-state index in [0.29, 0.717) is 12.1 Å². The van der Waals surface area contributed by atoms with Gasteiger partial charge in [0.05, 0.1) is 23.9 Å². The summed E-state index contributed by atoms with van der Waals surface area (Å²) in [6, 6.07) is 3.52. The topological polar surface area (TPSA) is 64.1 Å². The van der Waals surface area contributed by atoms with E-state index in [0.717, 1.165) is 12.2 Å². The zero-order chi connectivity index (χ0) is 12.8. The van der Waals surface area contributed by atoms with Gasteiger partial charge in [0.1, 0.15) is 0 Å². The van der Waals surface area contributed by atoms with Crippen LogP contribution < -0.4 is 5.32 Å². The van der Waals surface area contributed by atoms with Crippen LogP contribution in [0.25, 0.3) is 0 Å². The van der Waals surface area contributed by atoms with E-state index in [1.54, 1.807) is 22.9 Å². The highest BCUT2D eigenvalue weighted by Crippen LogP contribution is 2.05. The van der Waals surface area contributed by atoms with Crippen LogP contribution in [0.1, 0.15) is 20.9 Å². The zero-order valence-corrected chi connectivity index (χ0v) is 10.7. The maximum Gasteiger partial charge on any atom is 0.339 e. The molecule has 0 saturated heterocycles. The van der Waals surface area contributed by atoms with Gasteiger partial charge in [-0.05, 0) is 12.1 Å². The number of nitrogens with one attached hydrogen (secondary N) is 1. The van der Waals surface area contributed by atoms with Crippen molar-refractivity contribution in [2.24, 2.45) is 0 Å². The van der Waals surface area contributed by atoms with Gasteiger partial charge in [-0.25, -0.2) is 4.79 Å². The molecule has 2 aromatic rings. The van der Waals surface area contributed by atoms with E-state index in [4.69, 9.17) is 0 Å². The Balaban J connectivity index is 1.85. The van der Waals surface area contributed by atoms with Crippen molar-refractivity contribution in [3.05, 3.63) is 46.2 Å². The third-order valence-electron chi connectivity index (χ3n) is 2.33. The fraction of sp³-hybridized carbons (Fsp3) is 0.250. The fourth-order valence-corrected chi connectivity index (χ4v) is 1.98. The predicted octanol–water partition coefficient (Wildman–Crippen LogP) is 1.61. The van der Waals surface area contributed by atoms with Gasteiger partial charge < -0.3 is 10.1 Å². The molecule has 5 nitrogen and oxygen atoms in total. The van der Waals surface area contributed by atoms with Gasteiger partial charge in [-0.2, -0.15) is 0 Å². The summed E-state index contributed by atoms with van der Waals surface area (Å²) in [6.45, 7) is 1.42. The lowest BCUT2D eigenvalue weighted by molar-refractivity contribution is 0.0600. The minimum absolute atomic E-state index is 0.369. The monoisotopic (exact) mass is 263 g/mol. The van der Waals surface area contributed by atoms with E-state index >= 15 is 0 Å². The molecule has 0 unspecified atom stereocenters. The smallest absolute Gasteiger partial charge is 0.339 e. The van der Waals surface area contributed by atoms with Gasteiger partial charge >= 0.3 is 5.97 Å². The van der Waals surface area contributed by atoms with Crippen molar-refractivity contribution in [2.45, 2.75) is 13.1 Å². The largest absolute Gasteiger partial charge is 0.465 e. The summed E-state index contributed by atoms with van der Waals surface area (Å²) >= 11 is 1.61. The van der Waals surface area contributed by atoms with Gasteiger partial charge in [-0.3, -0.25) is 9.97 Å². The zero-order valence-electron chi connectivity index (χ0n) is 9.92. The molecule has 1 N–H and O–H groups in total. The molecule has 0 aliphatic heterocycles. The van der Waals surface area contributed by atoms with Crippen molar-refractivity contribution in [3.63, 3.8) is 0 Å². The Labute approximate surface area is 109 Å². The minimum atomic E-state index is -0.369. The van der Waals surface area contributed by atoms with Crippen LogP contribution in [-0.4, -0.2) is 23.0 Å². The van der Waals surface area contributed by atoms with Gasteiger partial charge in [0.25, 0.3) is 0 Å². The molecule has 6 heteroatoms. The maximum atomic E-state index is 11.2. The first-order valence-corrected chi connectivity index (χ1v) is 6.29. The van der Waals surface area contributed by atoms with E-state index in [1.807, 2.05) is 12.3 Å². The van der Waals surface area contributed by atoms with E-state index in [-0.39, 0.29) is 5.97 Å². The second-order valence-corrected chi connectivity index (χ2v) is 4.57. The molecule has 2 heterocycles. The summed E-state index contributed by atoms with van der Waals surface area (Å²) in [5.41, 5.74) is 3.15. The molecule has 2 rings (SSSR count). The standard InChI is InChI=1S/C12H13N3O2S/c1-17-12(16)9-2-3-10(15-4-9)5-13-6-11-7-14-8-18-11/h2-4,7-8,13H,5-6H2,1H3. The van der Waals surface area contributed by atoms with Crippen molar-refractivity contribution in [2.75, 3.05) is 7.11 Å². The Morgan fingerprint density at radius 3 is 2.89 bits per heavy atom. The summed E-state index contributed by atoms with van der Waals surface area (Å²) in [4.78, 5) is 20.6. The van der Waals surface area contributed by atoms with Crippen LogP contribution in [-0.2, 0) is 17.8 Å². The number of esters is 1. The quantitative estimate of drug-likeness (QED) is 0.830. The number of hydrogen-bond acceptors (Lipinski definition) is 6. The van der Waals surface area contributed by atoms with Crippen LogP contribution in [0.4, 0.5) is 0 Å². The third kappa shape index (κ3) is 3.35. The molecule has 0 fully saturated rings. The number of carbonyl (C=O) groups is 1. The average molecular weight is 263 g/mol. The predicted molar refractivity (Wildman–Crippen MR) is 68.2 cm³/mol. The Bertz CT molecular complexity index is 497. The van der Waals surface area contributed by atoms with Gasteiger partial charge in [0, 0.05) is 30.4 Å². The SMILES string of the molecule is COC(=O)c1ccc(CNCc2cncs2)nc1. The van der Waals surface area contributed by atoms with E-state index < -0.39 is 0 Å². The summed E-state index contributed by atoms with van der Waals surface area (Å²) in [6.07, 6.45) is 3.36. The number of rotatable bonds is 5. The lowest BCUT2D eigenvalue weighted by atomic mass is 10.2. The first kappa shape index (κ1) is 12.7. The second kappa shape index (κ2) is 6.23. The Morgan fingerprint density at radius 2 is 2.28 bits per heavy atom. The molecule has 18 heavy (non-hydrogen) atoms. The summed E-state index contributed by atoms with van der Waals surface area (Å²) < 4.78 is 4.61.